The molecule has 1 amide bonds. The van der Waals surface area contributed by atoms with Gasteiger partial charge in [-0.15, -0.1) is 21.5 Å². The Labute approximate surface area is 167 Å². The van der Waals surface area contributed by atoms with Gasteiger partial charge in [0, 0.05) is 28.6 Å². The van der Waals surface area contributed by atoms with E-state index in [9.17, 15) is 4.79 Å². The highest BCUT2D eigenvalue weighted by molar-refractivity contribution is 7.99. The lowest BCUT2D eigenvalue weighted by molar-refractivity contribution is -0.113. The molecule has 0 saturated carbocycles. The predicted molar refractivity (Wildman–Crippen MR) is 111 cm³/mol. The maximum atomic E-state index is 12.2. The summed E-state index contributed by atoms with van der Waals surface area (Å²) in [6.07, 6.45) is 4.83. The van der Waals surface area contributed by atoms with Gasteiger partial charge in [-0.1, -0.05) is 23.9 Å². The van der Waals surface area contributed by atoms with E-state index < -0.39 is 0 Å². The number of benzene rings is 1. The average molecular weight is 399 g/mol. The van der Waals surface area contributed by atoms with Crippen LogP contribution in [0.1, 0.15) is 28.8 Å². The highest BCUT2D eigenvalue weighted by Gasteiger charge is 2.21. The molecule has 0 spiro atoms. The van der Waals surface area contributed by atoms with Crippen LogP contribution in [0.5, 0.6) is 0 Å². The molecule has 1 N–H and O–H groups in total. The number of carbonyl (C=O) groups is 1. The van der Waals surface area contributed by atoms with Gasteiger partial charge in [0.05, 0.1) is 5.75 Å². The molecule has 0 unspecified atom stereocenters. The van der Waals surface area contributed by atoms with Crippen molar-refractivity contribution in [3.8, 4) is 11.4 Å². The topological polar surface area (TPSA) is 59.8 Å². The van der Waals surface area contributed by atoms with E-state index in [1.165, 1.54) is 47.0 Å². The van der Waals surface area contributed by atoms with Crippen LogP contribution in [0.25, 0.3) is 11.4 Å². The van der Waals surface area contributed by atoms with Gasteiger partial charge in [-0.2, -0.15) is 0 Å². The molecule has 0 bridgehead atoms. The second kappa shape index (κ2) is 7.86. The van der Waals surface area contributed by atoms with Crippen molar-refractivity contribution in [2.45, 2.75) is 37.8 Å². The van der Waals surface area contributed by atoms with E-state index >= 15 is 0 Å². The van der Waals surface area contributed by atoms with E-state index in [1.54, 1.807) is 0 Å². The molecule has 27 heavy (non-hydrogen) atoms. The van der Waals surface area contributed by atoms with Gasteiger partial charge in [-0.3, -0.25) is 4.79 Å². The number of aromatic nitrogens is 3. The monoisotopic (exact) mass is 398 g/mol. The number of fused-ring (bicyclic) bond motifs is 1. The first-order chi connectivity index (χ1) is 13.1. The second-order valence-electron chi connectivity index (χ2n) is 6.83. The molecule has 7 heteroatoms. The molecule has 4 rings (SSSR count). The first-order valence-corrected chi connectivity index (χ1v) is 11.0. The lowest BCUT2D eigenvalue weighted by Crippen LogP contribution is -2.14. The summed E-state index contributed by atoms with van der Waals surface area (Å²) in [7, 11) is 1.98. The molecule has 2 aromatic heterocycles. The van der Waals surface area contributed by atoms with Crippen LogP contribution >= 0.6 is 23.1 Å². The maximum Gasteiger partial charge on any atom is 0.234 e. The number of rotatable bonds is 5. The van der Waals surface area contributed by atoms with Crippen molar-refractivity contribution >= 4 is 34.7 Å². The Morgan fingerprint density at radius 3 is 3.00 bits per heavy atom. The number of hydrogen-bond acceptors (Lipinski definition) is 5. The van der Waals surface area contributed by atoms with Crippen LogP contribution in [0.2, 0.25) is 0 Å². The minimum atomic E-state index is -0.0388. The predicted octanol–water partition coefficient (Wildman–Crippen LogP) is 4.46. The summed E-state index contributed by atoms with van der Waals surface area (Å²) < 4.78 is 2.00. The number of anilines is 1. The SMILES string of the molecule is Cc1cccc(NC(=O)CSc2nnc(-c3csc4c3CCCC4)n2C)c1. The van der Waals surface area contributed by atoms with Crippen LogP contribution in [-0.4, -0.2) is 26.4 Å². The molecule has 5 nitrogen and oxygen atoms in total. The van der Waals surface area contributed by atoms with Crippen LogP contribution in [0.15, 0.2) is 34.8 Å². The van der Waals surface area contributed by atoms with E-state index in [1.807, 2.05) is 54.1 Å². The summed E-state index contributed by atoms with van der Waals surface area (Å²) in [6, 6.07) is 7.81. The van der Waals surface area contributed by atoms with E-state index in [0.29, 0.717) is 5.75 Å². The van der Waals surface area contributed by atoms with E-state index in [2.05, 4.69) is 20.9 Å². The van der Waals surface area contributed by atoms with Crippen LogP contribution in [0, 0.1) is 6.92 Å². The molecule has 2 heterocycles. The molecule has 0 atom stereocenters. The van der Waals surface area contributed by atoms with Crippen molar-refractivity contribution < 1.29 is 4.79 Å². The molecule has 0 fully saturated rings. The maximum absolute atomic E-state index is 12.2. The minimum Gasteiger partial charge on any atom is -0.325 e. The third-order valence-electron chi connectivity index (χ3n) is 4.77. The summed E-state index contributed by atoms with van der Waals surface area (Å²) in [5, 5.41) is 14.6. The fraction of sp³-hybridized carbons (Fsp3) is 0.350. The number of amides is 1. The van der Waals surface area contributed by atoms with Crippen LogP contribution in [0.4, 0.5) is 5.69 Å². The van der Waals surface area contributed by atoms with Gasteiger partial charge in [0.25, 0.3) is 0 Å². The van der Waals surface area contributed by atoms with Crippen molar-refractivity contribution in [2.24, 2.45) is 7.05 Å². The molecular weight excluding hydrogens is 376 g/mol. The van der Waals surface area contributed by atoms with Crippen molar-refractivity contribution in [3.63, 3.8) is 0 Å². The summed E-state index contributed by atoms with van der Waals surface area (Å²) in [5.41, 5.74) is 4.60. The number of thioether (sulfide) groups is 1. The number of nitrogens with one attached hydrogen (secondary N) is 1. The quantitative estimate of drug-likeness (QED) is 0.645. The Balaban J connectivity index is 1.44. The summed E-state index contributed by atoms with van der Waals surface area (Å²) in [6.45, 7) is 2.01. The Hall–Kier alpha value is -2.12. The molecule has 0 aliphatic heterocycles. The first kappa shape index (κ1) is 18.3. The lowest BCUT2D eigenvalue weighted by atomic mass is 9.96. The fourth-order valence-electron chi connectivity index (χ4n) is 3.41. The highest BCUT2D eigenvalue weighted by atomic mass is 32.2. The Kier molecular flexibility index (Phi) is 5.31. The van der Waals surface area contributed by atoms with Gasteiger partial charge in [0.1, 0.15) is 0 Å². The van der Waals surface area contributed by atoms with Crippen LogP contribution < -0.4 is 5.32 Å². The van der Waals surface area contributed by atoms with Gasteiger partial charge < -0.3 is 9.88 Å². The average Bonchev–Trinajstić information content (AvgIpc) is 3.23. The summed E-state index contributed by atoms with van der Waals surface area (Å²) >= 11 is 3.25. The summed E-state index contributed by atoms with van der Waals surface area (Å²) in [4.78, 5) is 13.7. The lowest BCUT2D eigenvalue weighted by Gasteiger charge is -2.12. The fourth-order valence-corrected chi connectivity index (χ4v) is 5.24. The van der Waals surface area contributed by atoms with E-state index in [0.717, 1.165) is 28.7 Å². The Morgan fingerprint density at radius 1 is 1.30 bits per heavy atom. The molecule has 140 valence electrons. The minimum absolute atomic E-state index is 0.0388. The zero-order valence-corrected chi connectivity index (χ0v) is 17.1. The standard InChI is InChI=1S/C20H22N4OS2/c1-13-6-5-7-14(10-13)21-18(25)12-27-20-23-22-19(24(20)2)16-11-26-17-9-4-3-8-15(16)17/h5-7,10-11H,3-4,8-9,12H2,1-2H3,(H,21,25). The largest absolute Gasteiger partial charge is 0.325 e. The van der Waals surface area contributed by atoms with Crippen molar-refractivity contribution in [3.05, 3.63) is 45.6 Å². The third kappa shape index (κ3) is 3.94. The number of hydrogen-bond donors (Lipinski definition) is 1. The first-order valence-electron chi connectivity index (χ1n) is 9.10. The van der Waals surface area contributed by atoms with Crippen molar-refractivity contribution in [1.29, 1.82) is 0 Å². The number of thiophene rings is 1. The van der Waals surface area contributed by atoms with Crippen LogP contribution in [-0.2, 0) is 24.7 Å². The van der Waals surface area contributed by atoms with Crippen molar-refractivity contribution in [2.75, 3.05) is 11.1 Å². The van der Waals surface area contributed by atoms with Gasteiger partial charge in [-0.25, -0.2) is 0 Å². The molecule has 0 radical (unpaired) electrons. The van der Waals surface area contributed by atoms with E-state index in [-0.39, 0.29) is 5.91 Å². The second-order valence-corrected chi connectivity index (χ2v) is 8.74. The normalized spacial score (nSPS) is 13.4. The van der Waals surface area contributed by atoms with Gasteiger partial charge >= 0.3 is 0 Å². The number of carbonyl (C=O) groups excluding carboxylic acids is 1. The van der Waals surface area contributed by atoms with Crippen molar-refractivity contribution in [1.82, 2.24) is 14.8 Å². The summed E-state index contributed by atoms with van der Waals surface area (Å²) in [5.74, 6) is 1.17. The molecular formula is C20H22N4OS2. The number of aryl methyl sites for hydroxylation is 2. The van der Waals surface area contributed by atoms with Gasteiger partial charge in [0.2, 0.25) is 5.91 Å². The van der Waals surface area contributed by atoms with Crippen LogP contribution in [0.3, 0.4) is 0 Å². The molecule has 1 aliphatic carbocycles. The number of nitrogens with zero attached hydrogens (tertiary/aromatic N) is 3. The van der Waals surface area contributed by atoms with E-state index in [4.69, 9.17) is 0 Å². The van der Waals surface area contributed by atoms with Gasteiger partial charge in [-0.05, 0) is 55.9 Å². The molecule has 0 saturated heterocycles. The zero-order valence-electron chi connectivity index (χ0n) is 15.5. The zero-order chi connectivity index (χ0) is 18.8. The smallest absolute Gasteiger partial charge is 0.234 e. The molecule has 3 aromatic rings. The third-order valence-corrected chi connectivity index (χ3v) is 6.88. The Morgan fingerprint density at radius 2 is 2.15 bits per heavy atom. The highest BCUT2D eigenvalue weighted by Crippen LogP contribution is 2.36. The molecule has 1 aliphatic rings. The Bertz CT molecular complexity index is 976. The molecule has 1 aromatic carbocycles. The van der Waals surface area contributed by atoms with Gasteiger partial charge in [0.15, 0.2) is 11.0 Å².